The van der Waals surface area contributed by atoms with E-state index in [1.807, 2.05) is 13.8 Å². The van der Waals surface area contributed by atoms with E-state index in [1.54, 1.807) is 0 Å². The molecule has 80 valence electrons. The molecule has 0 aromatic heterocycles. The van der Waals surface area contributed by atoms with Crippen LogP contribution in [0.15, 0.2) is 0 Å². The Bertz CT molecular complexity index is 187. The number of nitrogens with two attached hydrogens (primary N) is 1. The van der Waals surface area contributed by atoms with Crippen LogP contribution in [0.1, 0.15) is 47.5 Å². The van der Waals surface area contributed by atoms with Crippen molar-refractivity contribution in [2.45, 2.75) is 52.2 Å². The molecule has 0 spiro atoms. The van der Waals surface area contributed by atoms with Crippen LogP contribution in [0, 0.1) is 5.41 Å². The molecule has 0 heterocycles. The normalized spacial score (nSPS) is 15.8. The highest BCUT2D eigenvalue weighted by Gasteiger charge is 2.31. The molecular formula is C10H23NOS. The molecule has 0 radical (unpaired) electrons. The van der Waals surface area contributed by atoms with Crippen molar-refractivity contribution in [2.24, 2.45) is 11.1 Å². The third-order valence-electron chi connectivity index (χ3n) is 2.63. The topological polar surface area (TPSA) is 43.1 Å². The maximum absolute atomic E-state index is 11.6. The minimum atomic E-state index is -0.908. The summed E-state index contributed by atoms with van der Waals surface area (Å²) >= 11 is 0. The maximum atomic E-state index is 11.6. The van der Waals surface area contributed by atoms with Crippen molar-refractivity contribution in [2.75, 3.05) is 5.88 Å². The van der Waals surface area contributed by atoms with Gasteiger partial charge in [0, 0.05) is 15.5 Å². The number of hydrogen-bond donors (Lipinski definition) is 1. The zero-order valence-electron chi connectivity index (χ0n) is 9.52. The molecule has 0 rings (SSSR count). The van der Waals surface area contributed by atoms with Gasteiger partial charge in [0.15, 0.2) is 0 Å². The van der Waals surface area contributed by atoms with Crippen molar-refractivity contribution in [3.8, 4) is 0 Å². The summed E-state index contributed by atoms with van der Waals surface area (Å²) in [7, 11) is -0.908. The van der Waals surface area contributed by atoms with Crippen LogP contribution in [0.5, 0.6) is 0 Å². The average molecular weight is 205 g/mol. The highest BCUT2D eigenvalue weighted by Crippen LogP contribution is 2.33. The molecule has 2 nitrogen and oxygen atoms in total. The van der Waals surface area contributed by atoms with E-state index in [0.717, 1.165) is 12.8 Å². The molecule has 3 heteroatoms. The first-order valence-corrected chi connectivity index (χ1v) is 6.15. The SMILES string of the molecule is CCC(C)(C)CC(C)(C)S(=O)CN. The van der Waals surface area contributed by atoms with Gasteiger partial charge in [-0.3, -0.25) is 4.21 Å². The van der Waals surface area contributed by atoms with E-state index in [0.29, 0.717) is 0 Å². The van der Waals surface area contributed by atoms with Gasteiger partial charge in [-0.15, -0.1) is 0 Å². The molecule has 0 aliphatic carbocycles. The average Bonchev–Trinajstić information content (AvgIpc) is 2.01. The zero-order valence-corrected chi connectivity index (χ0v) is 10.3. The second-order valence-corrected chi connectivity index (χ2v) is 7.10. The first-order chi connectivity index (χ1) is 5.75. The van der Waals surface area contributed by atoms with Crippen molar-refractivity contribution >= 4 is 10.8 Å². The van der Waals surface area contributed by atoms with Gasteiger partial charge in [0.25, 0.3) is 0 Å². The van der Waals surface area contributed by atoms with Crippen LogP contribution in [-0.4, -0.2) is 14.8 Å². The van der Waals surface area contributed by atoms with Crippen molar-refractivity contribution in [3.63, 3.8) is 0 Å². The van der Waals surface area contributed by atoms with E-state index >= 15 is 0 Å². The molecule has 0 bridgehead atoms. The lowest BCUT2D eigenvalue weighted by Gasteiger charge is -2.33. The molecule has 1 unspecified atom stereocenters. The van der Waals surface area contributed by atoms with Crippen LogP contribution >= 0.6 is 0 Å². The van der Waals surface area contributed by atoms with Crippen LogP contribution < -0.4 is 5.73 Å². The van der Waals surface area contributed by atoms with E-state index in [1.165, 1.54) is 0 Å². The summed E-state index contributed by atoms with van der Waals surface area (Å²) in [6.45, 7) is 10.7. The molecule has 0 fully saturated rings. The summed E-state index contributed by atoms with van der Waals surface area (Å²) in [5.41, 5.74) is 5.68. The first kappa shape index (κ1) is 13.1. The van der Waals surface area contributed by atoms with Crippen LogP contribution in [0.25, 0.3) is 0 Å². The third kappa shape index (κ3) is 4.23. The van der Waals surface area contributed by atoms with E-state index < -0.39 is 10.8 Å². The Balaban J connectivity index is 4.41. The lowest BCUT2D eigenvalue weighted by molar-refractivity contribution is 0.289. The summed E-state index contributed by atoms with van der Waals surface area (Å²) in [4.78, 5) is 0. The molecule has 0 amide bonds. The minimum absolute atomic E-state index is 0.158. The summed E-state index contributed by atoms with van der Waals surface area (Å²) < 4.78 is 11.5. The van der Waals surface area contributed by atoms with Crippen molar-refractivity contribution in [3.05, 3.63) is 0 Å². The number of rotatable bonds is 5. The van der Waals surface area contributed by atoms with Gasteiger partial charge in [-0.1, -0.05) is 27.2 Å². The quantitative estimate of drug-likeness (QED) is 0.748. The second-order valence-electron chi connectivity index (χ2n) is 4.97. The van der Waals surface area contributed by atoms with Gasteiger partial charge in [-0.05, 0) is 25.7 Å². The summed E-state index contributed by atoms with van der Waals surface area (Å²) in [5, 5.41) is 0. The van der Waals surface area contributed by atoms with Gasteiger partial charge in [-0.2, -0.15) is 0 Å². The molecule has 0 aliphatic rings. The molecule has 0 saturated carbocycles. The third-order valence-corrected chi connectivity index (χ3v) is 4.31. The monoisotopic (exact) mass is 205 g/mol. The Labute approximate surface area is 84.7 Å². The van der Waals surface area contributed by atoms with Gasteiger partial charge in [-0.25, -0.2) is 0 Å². The lowest BCUT2D eigenvalue weighted by atomic mass is 9.81. The highest BCUT2D eigenvalue weighted by atomic mass is 32.2. The van der Waals surface area contributed by atoms with Crippen LogP contribution in [0.2, 0.25) is 0 Å². The molecule has 0 aromatic carbocycles. The molecular weight excluding hydrogens is 182 g/mol. The molecule has 0 aromatic rings. The van der Waals surface area contributed by atoms with Gasteiger partial charge in [0.2, 0.25) is 0 Å². The predicted octanol–water partition coefficient (Wildman–Crippen LogP) is 2.26. The Kier molecular flexibility index (Phi) is 4.60. The van der Waals surface area contributed by atoms with E-state index in [2.05, 4.69) is 20.8 Å². The summed E-state index contributed by atoms with van der Waals surface area (Å²) in [5.74, 6) is 0.271. The lowest BCUT2D eigenvalue weighted by Crippen LogP contribution is -2.35. The minimum Gasteiger partial charge on any atom is -0.320 e. The smallest absolute Gasteiger partial charge is 0.0703 e. The predicted molar refractivity (Wildman–Crippen MR) is 60.0 cm³/mol. The Morgan fingerprint density at radius 3 is 2.00 bits per heavy atom. The Morgan fingerprint density at radius 2 is 1.69 bits per heavy atom. The van der Waals surface area contributed by atoms with Crippen molar-refractivity contribution in [1.29, 1.82) is 0 Å². The Hall–Kier alpha value is 0.110. The molecule has 0 aliphatic heterocycles. The fourth-order valence-corrected chi connectivity index (χ4v) is 2.59. The second kappa shape index (κ2) is 4.56. The van der Waals surface area contributed by atoms with E-state index in [4.69, 9.17) is 5.73 Å². The van der Waals surface area contributed by atoms with Gasteiger partial charge < -0.3 is 5.73 Å². The van der Waals surface area contributed by atoms with Gasteiger partial charge in [0.1, 0.15) is 0 Å². The fraction of sp³-hybridized carbons (Fsp3) is 1.00. The molecule has 13 heavy (non-hydrogen) atoms. The fourth-order valence-electron chi connectivity index (χ4n) is 1.58. The number of hydrogen-bond acceptors (Lipinski definition) is 2. The molecule has 0 saturated heterocycles. The van der Waals surface area contributed by atoms with Crippen molar-refractivity contribution in [1.82, 2.24) is 0 Å². The largest absolute Gasteiger partial charge is 0.320 e. The molecule has 2 N–H and O–H groups in total. The van der Waals surface area contributed by atoms with E-state index in [-0.39, 0.29) is 16.0 Å². The van der Waals surface area contributed by atoms with Crippen LogP contribution in [0.3, 0.4) is 0 Å². The maximum Gasteiger partial charge on any atom is 0.0703 e. The zero-order chi connectivity index (χ0) is 10.7. The highest BCUT2D eigenvalue weighted by molar-refractivity contribution is 7.86. The van der Waals surface area contributed by atoms with Crippen molar-refractivity contribution < 1.29 is 4.21 Å². The Morgan fingerprint density at radius 1 is 1.23 bits per heavy atom. The first-order valence-electron chi connectivity index (χ1n) is 4.84. The van der Waals surface area contributed by atoms with Crippen LogP contribution in [-0.2, 0) is 10.8 Å². The molecule has 1 atom stereocenters. The standard InChI is InChI=1S/C10H23NOS/c1-6-9(2,3)7-10(4,5)13(12)8-11/h6-8,11H2,1-5H3. The summed E-state index contributed by atoms with van der Waals surface area (Å²) in [6, 6.07) is 0. The van der Waals surface area contributed by atoms with E-state index in [9.17, 15) is 4.21 Å². The van der Waals surface area contributed by atoms with Crippen LogP contribution in [0.4, 0.5) is 0 Å². The summed E-state index contributed by atoms with van der Waals surface area (Å²) in [6.07, 6.45) is 2.07. The van der Waals surface area contributed by atoms with Gasteiger partial charge in [0.05, 0.1) is 5.88 Å². The van der Waals surface area contributed by atoms with Gasteiger partial charge >= 0.3 is 0 Å².